The van der Waals surface area contributed by atoms with Crippen LogP contribution in [-0.4, -0.2) is 13.2 Å². The van der Waals surface area contributed by atoms with Crippen LogP contribution in [0.4, 0.5) is 17.1 Å². The molecule has 0 N–H and O–H groups in total. The largest absolute Gasteiger partial charge is 1.00 e. The van der Waals surface area contributed by atoms with E-state index in [9.17, 15) is 0 Å². The molecule has 110 valence electrons. The Morgan fingerprint density at radius 2 is 1.64 bits per heavy atom. The van der Waals surface area contributed by atoms with Crippen molar-refractivity contribution in [1.29, 1.82) is 0 Å². The van der Waals surface area contributed by atoms with Gasteiger partial charge in [0.1, 0.15) is 0 Å². The summed E-state index contributed by atoms with van der Waals surface area (Å²) in [5.74, 6) is 1.55. The first-order valence-corrected chi connectivity index (χ1v) is 7.70. The first-order chi connectivity index (χ1) is 10.3. The summed E-state index contributed by atoms with van der Waals surface area (Å²) in [6.07, 6.45) is 2.49. The van der Waals surface area contributed by atoms with E-state index >= 15 is 0 Å². The Morgan fingerprint density at radius 1 is 1.00 bits per heavy atom. The monoisotopic (exact) mass is 285 g/mol. The van der Waals surface area contributed by atoms with Crippen LogP contribution >= 0.6 is 0 Å². The number of nitrogens with zero attached hydrogens (tertiary/aromatic N) is 2. The maximum absolute atomic E-state index is 3.39. The fourth-order valence-electron chi connectivity index (χ4n) is 3.27. The third-order valence-corrected chi connectivity index (χ3v) is 4.36. The minimum Gasteiger partial charge on any atom is -0.381 e. The van der Waals surface area contributed by atoms with Crippen LogP contribution in [0.3, 0.4) is 0 Å². The minimum atomic E-state index is 0. The quantitative estimate of drug-likeness (QED) is 0.624. The van der Waals surface area contributed by atoms with Crippen molar-refractivity contribution in [3.05, 3.63) is 60.5 Å². The normalized spacial score (nSPS) is 16.6. The fourth-order valence-corrected chi connectivity index (χ4v) is 3.27. The molecule has 1 heterocycles. The number of benzene rings is 2. The van der Waals surface area contributed by atoms with Gasteiger partial charge in [-0.25, -0.2) is 0 Å². The maximum atomic E-state index is 3.39. The molecule has 0 aromatic heterocycles. The standard InChI is InChI=1S/C19H22N2.Li/c1-4-15(5-2)19-20(3)17-13-9-10-14-18(17)21(19)16-11-7-6-8-12-16;/h6-11,13-14,19H,4-5H2,1-3H3;/q-2;+1. The summed E-state index contributed by atoms with van der Waals surface area (Å²) in [5, 5.41) is 0. The Morgan fingerprint density at radius 3 is 2.23 bits per heavy atom. The maximum Gasteiger partial charge on any atom is 1.00 e. The SMILES string of the molecule is CC[C-](CC)C1N(C)c2ccccc2N1c1[c-]cccc1.[Li+]. The van der Waals surface area contributed by atoms with E-state index < -0.39 is 0 Å². The Hall–Kier alpha value is -1.36. The molecule has 0 bridgehead atoms. The van der Waals surface area contributed by atoms with Gasteiger partial charge in [-0.2, -0.15) is 37.1 Å². The smallest absolute Gasteiger partial charge is 0.381 e. The van der Waals surface area contributed by atoms with E-state index in [1.807, 2.05) is 12.1 Å². The van der Waals surface area contributed by atoms with E-state index in [1.165, 1.54) is 11.4 Å². The molecule has 1 atom stereocenters. The topological polar surface area (TPSA) is 6.48 Å². The predicted octanol–water partition coefficient (Wildman–Crippen LogP) is 1.80. The third-order valence-electron chi connectivity index (χ3n) is 4.36. The Kier molecular flexibility index (Phi) is 5.61. The first-order valence-electron chi connectivity index (χ1n) is 7.70. The average molecular weight is 285 g/mol. The van der Waals surface area contributed by atoms with Crippen LogP contribution in [0.1, 0.15) is 26.7 Å². The van der Waals surface area contributed by atoms with E-state index in [4.69, 9.17) is 0 Å². The van der Waals surface area contributed by atoms with Crippen molar-refractivity contribution in [3.63, 3.8) is 0 Å². The average Bonchev–Trinajstić information content (AvgIpc) is 2.83. The van der Waals surface area contributed by atoms with Gasteiger partial charge in [0.25, 0.3) is 0 Å². The Labute approximate surface area is 146 Å². The van der Waals surface area contributed by atoms with Crippen LogP contribution in [0.5, 0.6) is 0 Å². The number of para-hydroxylation sites is 3. The molecule has 1 unspecified atom stereocenters. The van der Waals surface area contributed by atoms with Gasteiger partial charge < -0.3 is 9.80 Å². The van der Waals surface area contributed by atoms with Crippen molar-refractivity contribution in [2.75, 3.05) is 16.8 Å². The summed E-state index contributed by atoms with van der Waals surface area (Å²) in [7, 11) is 2.19. The second-order valence-corrected chi connectivity index (χ2v) is 5.46. The van der Waals surface area contributed by atoms with Gasteiger partial charge in [0.2, 0.25) is 0 Å². The van der Waals surface area contributed by atoms with E-state index in [1.54, 1.807) is 5.92 Å². The van der Waals surface area contributed by atoms with E-state index in [-0.39, 0.29) is 25.0 Å². The number of hydrogen-bond donors (Lipinski definition) is 0. The summed E-state index contributed by atoms with van der Waals surface area (Å²) < 4.78 is 0. The van der Waals surface area contributed by atoms with Gasteiger partial charge in [-0.1, -0.05) is 31.7 Å². The van der Waals surface area contributed by atoms with Crippen LogP contribution in [0, 0.1) is 12.0 Å². The molecule has 3 heteroatoms. The van der Waals surface area contributed by atoms with E-state index in [2.05, 4.69) is 73.2 Å². The van der Waals surface area contributed by atoms with E-state index in [0.717, 1.165) is 18.5 Å². The molecule has 0 amide bonds. The molecular weight excluding hydrogens is 263 g/mol. The molecule has 1 aliphatic rings. The second kappa shape index (κ2) is 7.27. The zero-order valence-electron chi connectivity index (χ0n) is 14.0. The van der Waals surface area contributed by atoms with Gasteiger partial charge in [0.05, 0.1) is 11.4 Å². The van der Waals surface area contributed by atoms with Crippen LogP contribution in [0.15, 0.2) is 48.5 Å². The first kappa shape index (κ1) is 17.0. The molecule has 2 aromatic carbocycles. The van der Waals surface area contributed by atoms with Gasteiger partial charge in [-0.3, -0.25) is 5.92 Å². The van der Waals surface area contributed by atoms with Crippen molar-refractivity contribution in [3.8, 4) is 0 Å². The predicted molar refractivity (Wildman–Crippen MR) is 89.9 cm³/mol. The van der Waals surface area contributed by atoms with Gasteiger partial charge in [-0.15, -0.1) is 6.07 Å². The molecule has 0 saturated heterocycles. The number of rotatable bonds is 4. The van der Waals surface area contributed by atoms with Crippen LogP contribution in [0.25, 0.3) is 0 Å². The van der Waals surface area contributed by atoms with Gasteiger partial charge in [0.15, 0.2) is 0 Å². The summed E-state index contributed by atoms with van der Waals surface area (Å²) >= 11 is 0. The molecule has 0 fully saturated rings. The number of anilines is 3. The zero-order valence-corrected chi connectivity index (χ0v) is 14.0. The van der Waals surface area contributed by atoms with Gasteiger partial charge in [0, 0.05) is 7.05 Å². The third kappa shape index (κ3) is 2.78. The van der Waals surface area contributed by atoms with Crippen LogP contribution in [-0.2, 0) is 0 Å². The molecule has 3 rings (SSSR count). The van der Waals surface area contributed by atoms with Crippen molar-refractivity contribution in [2.45, 2.75) is 32.9 Å². The molecule has 0 saturated carbocycles. The van der Waals surface area contributed by atoms with Gasteiger partial charge in [-0.05, 0) is 18.3 Å². The van der Waals surface area contributed by atoms with Crippen molar-refractivity contribution >= 4 is 17.1 Å². The van der Waals surface area contributed by atoms with Gasteiger partial charge >= 0.3 is 18.9 Å². The fraction of sp³-hybridized carbons (Fsp3) is 0.316. The summed E-state index contributed by atoms with van der Waals surface area (Å²) in [5.41, 5.74) is 3.70. The molecule has 0 radical (unpaired) electrons. The molecular formula is C19H22LiN2-. The minimum absolute atomic E-state index is 0. The van der Waals surface area contributed by atoms with Crippen molar-refractivity contribution in [2.24, 2.45) is 0 Å². The molecule has 0 aliphatic carbocycles. The van der Waals surface area contributed by atoms with Crippen molar-refractivity contribution in [1.82, 2.24) is 0 Å². The summed E-state index contributed by atoms with van der Waals surface area (Å²) in [6, 6.07) is 20.3. The molecule has 0 spiro atoms. The summed E-state index contributed by atoms with van der Waals surface area (Å²) in [6.45, 7) is 4.51. The van der Waals surface area contributed by atoms with Crippen LogP contribution < -0.4 is 28.7 Å². The Bertz CT molecular complexity index is 595. The van der Waals surface area contributed by atoms with Crippen LogP contribution in [0.2, 0.25) is 0 Å². The zero-order chi connectivity index (χ0) is 14.8. The van der Waals surface area contributed by atoms with E-state index in [0.29, 0.717) is 0 Å². The molecule has 22 heavy (non-hydrogen) atoms. The number of fused-ring (bicyclic) bond motifs is 1. The Balaban J connectivity index is 0.00000176. The molecule has 2 aromatic rings. The van der Waals surface area contributed by atoms with Crippen molar-refractivity contribution < 1.29 is 18.9 Å². The summed E-state index contributed by atoms with van der Waals surface area (Å²) in [4.78, 5) is 4.80. The molecule has 2 nitrogen and oxygen atoms in total. The number of hydrogen-bond acceptors (Lipinski definition) is 2. The second-order valence-electron chi connectivity index (χ2n) is 5.46. The molecule has 1 aliphatic heterocycles.